The fourth-order valence-corrected chi connectivity index (χ4v) is 6.31. The molecule has 204 valence electrons. The first kappa shape index (κ1) is 26.2. The molecule has 3 heterocycles. The summed E-state index contributed by atoms with van der Waals surface area (Å²) in [5.41, 5.74) is 4.36. The summed E-state index contributed by atoms with van der Waals surface area (Å²) in [4.78, 5) is 39.5. The van der Waals surface area contributed by atoms with Gasteiger partial charge in [-0.15, -0.1) is 0 Å². The van der Waals surface area contributed by atoms with Crippen LogP contribution in [0.2, 0.25) is 0 Å². The average Bonchev–Trinajstić information content (AvgIpc) is 3.40. The molecule has 9 heteroatoms. The number of esters is 1. The number of halogens is 1. The van der Waals surface area contributed by atoms with Gasteiger partial charge in [0.05, 0.1) is 12.0 Å². The van der Waals surface area contributed by atoms with Gasteiger partial charge in [-0.1, -0.05) is 43.0 Å². The standard InChI is InChI=1S/C31H30ClN5O3/c1-2-40-30(39)24(35-26-25(32)27(38)31(26)14-4-3-5-15-31)18-20-10-12-22(13-11-20)37-28(21-8-6-16-33-19-21)36-23-9-7-17-34-29(23)37/h6-13,16-17,19,24,35H,2-5,14-15,18H2,1H3/t24-/m0/s1. The first-order valence-corrected chi connectivity index (χ1v) is 14.1. The number of nitrogens with one attached hydrogen (secondary N) is 1. The van der Waals surface area contributed by atoms with E-state index in [1.165, 1.54) is 0 Å². The van der Waals surface area contributed by atoms with Gasteiger partial charge in [-0.05, 0) is 61.7 Å². The van der Waals surface area contributed by atoms with Crippen molar-refractivity contribution in [1.82, 2.24) is 24.8 Å². The van der Waals surface area contributed by atoms with Gasteiger partial charge in [-0.2, -0.15) is 0 Å². The van der Waals surface area contributed by atoms with E-state index in [1.807, 2.05) is 53.1 Å². The molecule has 40 heavy (non-hydrogen) atoms. The number of carbonyl (C=O) groups is 2. The highest BCUT2D eigenvalue weighted by molar-refractivity contribution is 6.47. The summed E-state index contributed by atoms with van der Waals surface area (Å²) >= 11 is 6.40. The van der Waals surface area contributed by atoms with E-state index in [1.54, 1.807) is 25.5 Å². The first-order valence-electron chi connectivity index (χ1n) is 13.7. The van der Waals surface area contributed by atoms with Gasteiger partial charge in [0, 0.05) is 42.0 Å². The van der Waals surface area contributed by atoms with Crippen molar-refractivity contribution < 1.29 is 14.3 Å². The van der Waals surface area contributed by atoms with Crippen LogP contribution in [0.3, 0.4) is 0 Å². The molecular weight excluding hydrogens is 526 g/mol. The molecule has 2 aliphatic carbocycles. The van der Waals surface area contributed by atoms with Crippen LogP contribution in [-0.4, -0.2) is 43.9 Å². The maximum atomic E-state index is 13.0. The normalized spacial score (nSPS) is 17.1. The molecule has 0 unspecified atom stereocenters. The molecule has 0 radical (unpaired) electrons. The molecule has 0 amide bonds. The highest BCUT2D eigenvalue weighted by Crippen LogP contribution is 2.53. The van der Waals surface area contributed by atoms with E-state index < -0.39 is 11.5 Å². The second kappa shape index (κ2) is 10.8. The second-order valence-electron chi connectivity index (χ2n) is 10.3. The molecule has 1 N–H and O–H groups in total. The quantitative estimate of drug-likeness (QED) is 0.285. The van der Waals surface area contributed by atoms with Crippen molar-refractivity contribution in [2.24, 2.45) is 5.41 Å². The number of imidazole rings is 1. The topological polar surface area (TPSA) is 99.0 Å². The minimum Gasteiger partial charge on any atom is -0.464 e. The number of aromatic nitrogens is 4. The van der Waals surface area contributed by atoms with Crippen molar-refractivity contribution in [2.75, 3.05) is 6.61 Å². The van der Waals surface area contributed by atoms with Crippen molar-refractivity contribution in [3.63, 3.8) is 0 Å². The third-order valence-electron chi connectivity index (χ3n) is 7.90. The number of fused-ring (bicyclic) bond motifs is 1. The smallest absolute Gasteiger partial charge is 0.328 e. The molecule has 1 aromatic carbocycles. The fourth-order valence-electron chi connectivity index (χ4n) is 5.89. The number of benzene rings is 1. The minimum absolute atomic E-state index is 0.00563. The van der Waals surface area contributed by atoms with Crippen LogP contribution in [0, 0.1) is 5.41 Å². The largest absolute Gasteiger partial charge is 0.464 e. The average molecular weight is 556 g/mol. The van der Waals surface area contributed by atoms with Crippen molar-refractivity contribution in [3.05, 3.63) is 83.4 Å². The summed E-state index contributed by atoms with van der Waals surface area (Å²) in [6.45, 7) is 2.06. The minimum atomic E-state index is -0.664. The molecule has 1 spiro atoms. The van der Waals surface area contributed by atoms with Crippen molar-refractivity contribution in [3.8, 4) is 17.1 Å². The lowest BCUT2D eigenvalue weighted by molar-refractivity contribution is -0.146. The second-order valence-corrected chi connectivity index (χ2v) is 10.7. The monoisotopic (exact) mass is 555 g/mol. The molecule has 0 aliphatic heterocycles. The fraction of sp³-hybridized carbons (Fsp3) is 0.323. The molecule has 0 bridgehead atoms. The lowest BCUT2D eigenvalue weighted by Gasteiger charge is -2.46. The van der Waals surface area contributed by atoms with E-state index in [9.17, 15) is 9.59 Å². The molecule has 0 saturated heterocycles. The molecule has 8 nitrogen and oxygen atoms in total. The Balaban J connectivity index is 1.30. The zero-order chi connectivity index (χ0) is 27.7. The lowest BCUT2D eigenvalue weighted by atomic mass is 9.62. The number of pyridine rings is 2. The van der Waals surface area contributed by atoms with E-state index in [2.05, 4.69) is 15.3 Å². The van der Waals surface area contributed by atoms with Crippen LogP contribution in [0.4, 0.5) is 0 Å². The maximum absolute atomic E-state index is 13.0. The summed E-state index contributed by atoms with van der Waals surface area (Å²) in [6, 6.07) is 15.0. The van der Waals surface area contributed by atoms with Gasteiger partial charge in [-0.3, -0.25) is 14.3 Å². The van der Waals surface area contributed by atoms with Crippen molar-refractivity contribution >= 4 is 34.5 Å². The highest BCUT2D eigenvalue weighted by atomic mass is 35.5. The summed E-state index contributed by atoms with van der Waals surface area (Å²) in [5.74, 6) is 0.376. The van der Waals surface area contributed by atoms with Crippen LogP contribution in [-0.2, 0) is 20.7 Å². The van der Waals surface area contributed by atoms with Crippen LogP contribution < -0.4 is 5.32 Å². The third-order valence-corrected chi connectivity index (χ3v) is 8.26. The molecule has 1 saturated carbocycles. The van der Waals surface area contributed by atoms with E-state index >= 15 is 0 Å². The number of carbonyl (C=O) groups excluding carboxylic acids is 2. The maximum Gasteiger partial charge on any atom is 0.328 e. The predicted molar refractivity (Wildman–Crippen MR) is 153 cm³/mol. The number of ketones is 1. The van der Waals surface area contributed by atoms with Gasteiger partial charge >= 0.3 is 5.97 Å². The Morgan fingerprint density at radius 1 is 1.10 bits per heavy atom. The zero-order valence-corrected chi connectivity index (χ0v) is 23.0. The first-order chi connectivity index (χ1) is 19.5. The summed E-state index contributed by atoms with van der Waals surface area (Å²) < 4.78 is 7.41. The molecule has 4 aromatic rings. The third kappa shape index (κ3) is 4.56. The van der Waals surface area contributed by atoms with Crippen LogP contribution >= 0.6 is 11.6 Å². The lowest BCUT2D eigenvalue weighted by Crippen LogP contribution is -2.53. The number of hydrogen-bond donors (Lipinski definition) is 1. The van der Waals surface area contributed by atoms with Gasteiger partial charge in [0.2, 0.25) is 0 Å². The molecule has 6 rings (SSSR count). The van der Waals surface area contributed by atoms with E-state index in [4.69, 9.17) is 21.3 Å². The Morgan fingerprint density at radius 2 is 1.88 bits per heavy atom. The number of nitrogens with zero attached hydrogens (tertiary/aromatic N) is 4. The Kier molecular flexibility index (Phi) is 7.11. The van der Waals surface area contributed by atoms with E-state index in [0.717, 1.165) is 65.9 Å². The predicted octanol–water partition coefficient (Wildman–Crippen LogP) is 5.53. The molecular formula is C31H30ClN5O3. The van der Waals surface area contributed by atoms with Crippen molar-refractivity contribution in [2.45, 2.75) is 51.5 Å². The van der Waals surface area contributed by atoms with E-state index in [0.29, 0.717) is 12.1 Å². The summed E-state index contributed by atoms with van der Waals surface area (Å²) in [5, 5.41) is 3.56. The number of allylic oxidation sites excluding steroid dienone is 2. The summed E-state index contributed by atoms with van der Waals surface area (Å²) in [6.07, 6.45) is 10.2. The molecule has 3 aromatic heterocycles. The zero-order valence-electron chi connectivity index (χ0n) is 22.3. The van der Waals surface area contributed by atoms with Crippen molar-refractivity contribution in [1.29, 1.82) is 0 Å². The SMILES string of the molecule is CCOC(=O)[C@H](Cc1ccc(-n2c(-c3cccnc3)nc3cccnc32)cc1)NC1=C(Cl)C(=O)C12CCCCC2. The van der Waals surface area contributed by atoms with E-state index in [-0.39, 0.29) is 23.4 Å². The summed E-state index contributed by atoms with van der Waals surface area (Å²) in [7, 11) is 0. The van der Waals surface area contributed by atoms with Crippen LogP contribution in [0.1, 0.15) is 44.6 Å². The molecule has 2 aliphatic rings. The van der Waals surface area contributed by atoms with Crippen LogP contribution in [0.15, 0.2) is 77.9 Å². The van der Waals surface area contributed by atoms with Gasteiger partial charge in [0.1, 0.15) is 22.4 Å². The van der Waals surface area contributed by atoms with Gasteiger partial charge in [-0.25, -0.2) is 14.8 Å². The number of hydrogen-bond acceptors (Lipinski definition) is 7. The molecule has 1 atom stereocenters. The number of ether oxygens (including phenoxy) is 1. The van der Waals surface area contributed by atoms with Gasteiger partial charge in [0.15, 0.2) is 11.4 Å². The highest BCUT2D eigenvalue weighted by Gasteiger charge is 2.54. The van der Waals surface area contributed by atoms with Crippen LogP contribution in [0.25, 0.3) is 28.2 Å². The Labute approximate surface area is 237 Å². The number of Topliss-reactive ketones (excluding diaryl/α,β-unsaturated/α-hetero) is 1. The molecule has 1 fully saturated rings. The van der Waals surface area contributed by atoms with Gasteiger partial charge < -0.3 is 10.1 Å². The number of rotatable bonds is 8. The van der Waals surface area contributed by atoms with Gasteiger partial charge in [0.25, 0.3) is 0 Å². The Bertz CT molecular complexity index is 1590. The Hall–Kier alpha value is -4.04. The Morgan fingerprint density at radius 3 is 2.60 bits per heavy atom. The van der Waals surface area contributed by atoms with Crippen LogP contribution in [0.5, 0.6) is 0 Å².